The normalized spacial score (nSPS) is 10.4. The largest absolute Gasteiger partial charge is 0.497 e. The lowest BCUT2D eigenvalue weighted by molar-refractivity contribution is -0.118. The smallest absolute Gasteiger partial charge is 0.230 e. The molecule has 0 aliphatic carbocycles. The number of anilines is 2. The number of methoxy groups -OCH3 is 3. The zero-order valence-electron chi connectivity index (χ0n) is 17.5. The van der Waals surface area contributed by atoms with E-state index in [1.807, 2.05) is 42.5 Å². The molecule has 3 rings (SSSR count). The molecule has 164 valence electrons. The lowest BCUT2D eigenvalue weighted by Crippen LogP contribution is -2.27. The van der Waals surface area contributed by atoms with Crippen LogP contribution in [0.1, 0.15) is 5.56 Å². The van der Waals surface area contributed by atoms with Gasteiger partial charge in [0, 0.05) is 12.2 Å². The van der Waals surface area contributed by atoms with Crippen molar-refractivity contribution in [2.45, 2.75) is 10.8 Å². The first-order valence-corrected chi connectivity index (χ1v) is 11.3. The van der Waals surface area contributed by atoms with E-state index in [1.165, 1.54) is 23.1 Å². The summed E-state index contributed by atoms with van der Waals surface area (Å²) in [7, 11) is 4.83. The minimum absolute atomic E-state index is 0.0506. The van der Waals surface area contributed by atoms with Gasteiger partial charge in [-0.15, -0.1) is 10.2 Å². The summed E-state index contributed by atoms with van der Waals surface area (Å²) in [4.78, 5) is 12.1. The Morgan fingerprint density at radius 2 is 1.77 bits per heavy atom. The number of ether oxygens (including phenoxy) is 3. The maximum absolute atomic E-state index is 12.1. The van der Waals surface area contributed by atoms with Crippen LogP contribution in [-0.2, 0) is 11.2 Å². The van der Waals surface area contributed by atoms with Crippen molar-refractivity contribution in [3.8, 4) is 17.2 Å². The molecule has 0 saturated carbocycles. The Kier molecular flexibility index (Phi) is 8.36. The summed E-state index contributed by atoms with van der Waals surface area (Å²) in [5.41, 5.74) is 1.95. The summed E-state index contributed by atoms with van der Waals surface area (Å²) >= 11 is 2.76. The maximum Gasteiger partial charge on any atom is 0.230 e. The summed E-state index contributed by atoms with van der Waals surface area (Å²) in [5, 5.41) is 15.0. The summed E-state index contributed by atoms with van der Waals surface area (Å²) in [6.45, 7) is 0.537. The number of carbonyl (C=O) groups is 1. The van der Waals surface area contributed by atoms with E-state index >= 15 is 0 Å². The van der Waals surface area contributed by atoms with E-state index in [1.54, 1.807) is 21.3 Å². The highest BCUT2D eigenvalue weighted by atomic mass is 32.2. The monoisotopic (exact) mass is 460 g/mol. The van der Waals surface area contributed by atoms with Gasteiger partial charge in [-0.2, -0.15) is 0 Å². The highest BCUT2D eigenvalue weighted by Crippen LogP contribution is 2.29. The van der Waals surface area contributed by atoms with Crippen LogP contribution in [0, 0.1) is 0 Å². The van der Waals surface area contributed by atoms with Crippen LogP contribution in [0.3, 0.4) is 0 Å². The number of amides is 1. The molecule has 1 amide bonds. The van der Waals surface area contributed by atoms with Crippen LogP contribution in [0.25, 0.3) is 0 Å². The second-order valence-corrected chi connectivity index (χ2v) is 8.50. The van der Waals surface area contributed by atoms with E-state index in [9.17, 15) is 4.79 Å². The van der Waals surface area contributed by atoms with Crippen LogP contribution < -0.4 is 24.8 Å². The molecule has 10 heteroatoms. The molecular weight excluding hydrogens is 436 g/mol. The zero-order chi connectivity index (χ0) is 22.1. The number of hydrogen-bond acceptors (Lipinski definition) is 9. The third kappa shape index (κ3) is 6.76. The molecule has 0 aliphatic heterocycles. The third-order valence-electron chi connectivity index (χ3n) is 4.26. The maximum atomic E-state index is 12.1. The molecule has 31 heavy (non-hydrogen) atoms. The van der Waals surface area contributed by atoms with Crippen molar-refractivity contribution >= 4 is 39.8 Å². The number of thioether (sulfide) groups is 1. The summed E-state index contributed by atoms with van der Waals surface area (Å²) in [5.74, 6) is 2.38. The lowest BCUT2D eigenvalue weighted by atomic mass is 10.1. The molecule has 0 radical (unpaired) electrons. The van der Waals surface area contributed by atoms with E-state index in [0.717, 1.165) is 21.3 Å². The van der Waals surface area contributed by atoms with E-state index < -0.39 is 0 Å². The molecule has 0 atom stereocenters. The number of nitrogens with one attached hydrogen (secondary N) is 2. The standard InChI is InChI=1S/C21H24N4O4S2/c1-27-16-7-5-15(6-8-16)23-20-24-25-21(31-20)30-13-19(26)22-11-10-14-4-9-17(28-2)18(12-14)29-3/h4-9,12H,10-11,13H2,1-3H3,(H,22,26)(H,23,24). The second kappa shape index (κ2) is 11.4. The van der Waals surface area contributed by atoms with Crippen LogP contribution in [0.2, 0.25) is 0 Å². The predicted molar refractivity (Wildman–Crippen MR) is 123 cm³/mol. The first kappa shape index (κ1) is 22.7. The molecule has 0 unspecified atom stereocenters. The Labute approximate surface area is 189 Å². The number of nitrogens with zero attached hydrogens (tertiary/aromatic N) is 2. The van der Waals surface area contributed by atoms with Gasteiger partial charge in [0.25, 0.3) is 0 Å². The van der Waals surface area contributed by atoms with Gasteiger partial charge < -0.3 is 24.8 Å². The summed E-state index contributed by atoms with van der Waals surface area (Å²) in [6.07, 6.45) is 0.700. The Morgan fingerprint density at radius 3 is 2.48 bits per heavy atom. The number of hydrogen-bond donors (Lipinski definition) is 2. The average Bonchev–Trinajstić information content (AvgIpc) is 3.25. The molecule has 0 aliphatic rings. The van der Waals surface area contributed by atoms with Crippen LogP contribution in [0.5, 0.6) is 17.2 Å². The van der Waals surface area contributed by atoms with E-state index in [2.05, 4.69) is 20.8 Å². The van der Waals surface area contributed by atoms with Crippen molar-refractivity contribution in [1.29, 1.82) is 0 Å². The second-order valence-electron chi connectivity index (χ2n) is 6.30. The third-order valence-corrected chi connectivity index (χ3v) is 6.23. The van der Waals surface area contributed by atoms with Gasteiger partial charge in [0.1, 0.15) is 5.75 Å². The molecule has 2 aromatic carbocycles. The molecule has 2 N–H and O–H groups in total. The van der Waals surface area contributed by atoms with E-state index in [4.69, 9.17) is 14.2 Å². The molecule has 3 aromatic rings. The molecule has 8 nitrogen and oxygen atoms in total. The highest BCUT2D eigenvalue weighted by Gasteiger charge is 2.09. The Bertz CT molecular complexity index is 995. The van der Waals surface area contributed by atoms with Gasteiger partial charge in [0.2, 0.25) is 11.0 Å². The van der Waals surface area contributed by atoms with Gasteiger partial charge in [-0.3, -0.25) is 4.79 Å². The summed E-state index contributed by atoms with van der Waals surface area (Å²) < 4.78 is 16.4. The Hall–Kier alpha value is -2.98. The van der Waals surface area contributed by atoms with Crippen LogP contribution in [0.15, 0.2) is 46.8 Å². The minimum atomic E-state index is -0.0506. The van der Waals surface area contributed by atoms with Crippen molar-refractivity contribution in [3.63, 3.8) is 0 Å². The van der Waals surface area contributed by atoms with Crippen LogP contribution in [0.4, 0.5) is 10.8 Å². The van der Waals surface area contributed by atoms with Crippen LogP contribution >= 0.6 is 23.1 Å². The van der Waals surface area contributed by atoms with Gasteiger partial charge in [0.05, 0.1) is 27.1 Å². The van der Waals surface area contributed by atoms with Crippen molar-refractivity contribution in [1.82, 2.24) is 15.5 Å². The Morgan fingerprint density at radius 1 is 1.00 bits per heavy atom. The first-order valence-electron chi connectivity index (χ1n) is 9.46. The fourth-order valence-electron chi connectivity index (χ4n) is 2.68. The fraction of sp³-hybridized carbons (Fsp3) is 0.286. The highest BCUT2D eigenvalue weighted by molar-refractivity contribution is 8.01. The van der Waals surface area contributed by atoms with Crippen molar-refractivity contribution in [2.24, 2.45) is 0 Å². The molecule has 0 fully saturated rings. The van der Waals surface area contributed by atoms with Gasteiger partial charge in [-0.25, -0.2) is 0 Å². The zero-order valence-corrected chi connectivity index (χ0v) is 19.1. The first-order chi connectivity index (χ1) is 15.1. The number of carbonyl (C=O) groups excluding carboxylic acids is 1. The van der Waals surface area contributed by atoms with Crippen molar-refractivity contribution in [3.05, 3.63) is 48.0 Å². The quantitative estimate of drug-likeness (QED) is 0.418. The van der Waals surface area contributed by atoms with Crippen molar-refractivity contribution < 1.29 is 19.0 Å². The van der Waals surface area contributed by atoms with Gasteiger partial charge in [-0.05, 0) is 48.4 Å². The van der Waals surface area contributed by atoms with Crippen molar-refractivity contribution in [2.75, 3.05) is 38.9 Å². The number of rotatable bonds is 11. The predicted octanol–water partition coefficient (Wildman–Crippen LogP) is 3.76. The lowest BCUT2D eigenvalue weighted by Gasteiger charge is -2.10. The molecule has 0 spiro atoms. The number of aromatic nitrogens is 2. The number of benzene rings is 2. The van der Waals surface area contributed by atoms with Gasteiger partial charge in [-0.1, -0.05) is 29.2 Å². The Balaban J connectivity index is 1.40. The summed E-state index contributed by atoms with van der Waals surface area (Å²) in [6, 6.07) is 13.3. The average molecular weight is 461 g/mol. The van der Waals surface area contributed by atoms with Gasteiger partial charge >= 0.3 is 0 Å². The van der Waals surface area contributed by atoms with Gasteiger partial charge in [0.15, 0.2) is 15.8 Å². The van der Waals surface area contributed by atoms with E-state index in [0.29, 0.717) is 29.6 Å². The molecule has 0 bridgehead atoms. The van der Waals surface area contributed by atoms with E-state index in [-0.39, 0.29) is 11.7 Å². The molecule has 1 aromatic heterocycles. The minimum Gasteiger partial charge on any atom is -0.497 e. The van der Waals surface area contributed by atoms with Crippen LogP contribution in [-0.4, -0.2) is 49.7 Å². The SMILES string of the molecule is COc1ccc(Nc2nnc(SCC(=O)NCCc3ccc(OC)c(OC)c3)s2)cc1. The molecule has 1 heterocycles. The fourth-order valence-corrected chi connectivity index (χ4v) is 4.28. The molecular formula is C21H24N4O4S2. The topological polar surface area (TPSA) is 94.6 Å². The molecule has 0 saturated heterocycles.